The third kappa shape index (κ3) is 6.47. The number of amides is 1. The first-order valence-electron chi connectivity index (χ1n) is 21.8. The number of halogens is 2. The van der Waals surface area contributed by atoms with Crippen LogP contribution in [0.1, 0.15) is 79.7 Å². The van der Waals surface area contributed by atoms with E-state index in [2.05, 4.69) is 69.4 Å². The Kier molecular flexibility index (Phi) is 10.3. The molecule has 4 aromatic rings. The van der Waals surface area contributed by atoms with Crippen LogP contribution >= 0.6 is 0 Å². The number of methoxy groups -OCH3 is 1. The molecule has 6 atom stereocenters. The van der Waals surface area contributed by atoms with E-state index in [0.29, 0.717) is 58.2 Å². The van der Waals surface area contributed by atoms with Crippen molar-refractivity contribution in [1.29, 1.82) is 0 Å². The van der Waals surface area contributed by atoms with Crippen LogP contribution in [-0.4, -0.2) is 113 Å². The topological polar surface area (TPSA) is 113 Å². The number of hydrogen-bond donors (Lipinski definition) is 1. The molecule has 2 aromatic heterocycles. The van der Waals surface area contributed by atoms with Gasteiger partial charge < -0.3 is 24.2 Å². The predicted octanol–water partition coefficient (Wildman–Crippen LogP) is 8.97. The number of carbonyl (C=O) groups is 1. The summed E-state index contributed by atoms with van der Waals surface area (Å²) in [5.41, 5.74) is 5.83. The molecule has 1 N–H and O–H groups in total. The SMILES string of the molecule is C=C1CN2C[C@@H](OC)CC2(COc2nc3c4c(nc(-c5cccc6ccc(F)c(C#C[Si](C(C)C)(C(C)C)C(C)C)c56)c(F)c4n2)OC(C)C2C4CCC(CN32)N4C(=O)O)C1. The Bertz CT molecular complexity index is 2500. The average Bonchev–Trinajstić information content (AvgIpc) is 3.80. The van der Waals surface area contributed by atoms with Gasteiger partial charge in [-0.05, 0) is 60.7 Å². The van der Waals surface area contributed by atoms with E-state index < -0.39 is 37.9 Å². The van der Waals surface area contributed by atoms with Crippen LogP contribution in [0.5, 0.6) is 11.9 Å². The average molecular weight is 851 g/mol. The highest BCUT2D eigenvalue weighted by Gasteiger charge is 2.54. The van der Waals surface area contributed by atoms with Crippen molar-refractivity contribution < 1.29 is 32.9 Å². The summed E-state index contributed by atoms with van der Waals surface area (Å²) >= 11 is 0. The summed E-state index contributed by atoms with van der Waals surface area (Å²) < 4.78 is 53.2. The lowest BCUT2D eigenvalue weighted by Gasteiger charge is -2.47. The van der Waals surface area contributed by atoms with Crippen LogP contribution in [0.3, 0.4) is 0 Å². The van der Waals surface area contributed by atoms with E-state index in [9.17, 15) is 9.90 Å². The van der Waals surface area contributed by atoms with Gasteiger partial charge in [0.2, 0.25) is 5.88 Å². The molecule has 5 aliphatic heterocycles. The molecule has 9 rings (SSSR count). The van der Waals surface area contributed by atoms with Gasteiger partial charge in [0.15, 0.2) is 5.82 Å². The molecule has 4 saturated heterocycles. The van der Waals surface area contributed by atoms with Crippen LogP contribution in [0, 0.1) is 23.1 Å². The van der Waals surface area contributed by atoms with Gasteiger partial charge in [-0.3, -0.25) is 9.80 Å². The Hall–Kier alpha value is -4.84. The standard InChI is InChI=1S/C47H56F2N6O5Si/c1-25(2)61(26(3)4,27(5)6)18-17-33-35(48)15-13-30-11-10-12-34(37(30)33)40-39(49)41-38-43(52-45(51-41)59-24-47-19-28(7)21-53(47)23-32(20-47)58-9)54-22-31-14-16-36(55(31)46(56)57)42(54)29(8)60-44(38)50-40/h10-13,15,25-27,29,31-32,36,42H,7,14,16,19-24H2,1-6,8-9H3,(H,56,57)/t29?,31?,32-,36?,42?,47?/m0/s1. The maximum atomic E-state index is 17.9. The van der Waals surface area contributed by atoms with Gasteiger partial charge in [-0.25, -0.2) is 18.6 Å². The van der Waals surface area contributed by atoms with E-state index in [4.69, 9.17) is 29.2 Å². The molecule has 14 heteroatoms. The third-order valence-corrected chi connectivity index (χ3v) is 21.0. The van der Waals surface area contributed by atoms with E-state index >= 15 is 8.78 Å². The lowest BCUT2D eigenvalue weighted by Crippen LogP contribution is -2.64. The molecule has 11 nitrogen and oxygen atoms in total. The fraction of sp³-hybridized carbons (Fsp3) is 0.532. The minimum absolute atomic E-state index is 0.00797. The molecule has 2 bridgehead atoms. The Morgan fingerprint density at radius 2 is 1.80 bits per heavy atom. The van der Waals surface area contributed by atoms with Crippen molar-refractivity contribution in [3.05, 3.63) is 59.7 Å². The zero-order chi connectivity index (χ0) is 43.3. The Labute approximate surface area is 357 Å². The summed E-state index contributed by atoms with van der Waals surface area (Å²) in [6, 6.07) is 7.41. The second kappa shape index (κ2) is 15.2. The Morgan fingerprint density at radius 1 is 1.05 bits per heavy atom. The molecular formula is C47H56F2N6O5Si. The summed E-state index contributed by atoms with van der Waals surface area (Å²) in [6.07, 6.45) is 1.28. The number of pyridine rings is 1. The first-order valence-corrected chi connectivity index (χ1v) is 24.0. The molecule has 4 fully saturated rings. The Morgan fingerprint density at radius 3 is 2.51 bits per heavy atom. The van der Waals surface area contributed by atoms with Gasteiger partial charge in [-0.15, -0.1) is 5.54 Å². The number of aromatic nitrogens is 3. The molecule has 0 radical (unpaired) electrons. The molecule has 1 amide bonds. The molecule has 5 aliphatic rings. The van der Waals surface area contributed by atoms with Gasteiger partial charge in [0, 0.05) is 37.7 Å². The summed E-state index contributed by atoms with van der Waals surface area (Å²) in [6.45, 7) is 21.5. The highest BCUT2D eigenvalue weighted by molar-refractivity contribution is 6.90. The van der Waals surface area contributed by atoms with Crippen LogP contribution < -0.4 is 14.4 Å². The monoisotopic (exact) mass is 850 g/mol. The molecule has 0 aliphatic carbocycles. The number of anilines is 1. The molecule has 0 saturated carbocycles. The highest BCUT2D eigenvalue weighted by atomic mass is 28.3. The zero-order valence-electron chi connectivity index (χ0n) is 36.4. The Balaban J connectivity index is 1.24. The second-order valence-corrected chi connectivity index (χ2v) is 24.5. The summed E-state index contributed by atoms with van der Waals surface area (Å²) in [5, 5.41) is 11.8. The lowest BCUT2D eigenvalue weighted by atomic mass is 9.93. The van der Waals surface area contributed by atoms with Crippen LogP contribution in [0.15, 0.2) is 42.5 Å². The zero-order valence-corrected chi connectivity index (χ0v) is 37.4. The fourth-order valence-electron chi connectivity index (χ4n) is 12.1. The molecular weight excluding hydrogens is 795 g/mol. The molecule has 61 heavy (non-hydrogen) atoms. The van der Waals surface area contributed by atoms with Gasteiger partial charge >= 0.3 is 12.1 Å². The minimum Gasteiger partial charge on any atom is -0.472 e. The maximum Gasteiger partial charge on any atom is 0.407 e. The number of rotatable bonds is 8. The van der Waals surface area contributed by atoms with Crippen molar-refractivity contribution in [2.75, 3.05) is 38.3 Å². The molecule has 0 spiro atoms. The summed E-state index contributed by atoms with van der Waals surface area (Å²) in [5.74, 6) is 2.64. The van der Waals surface area contributed by atoms with Crippen molar-refractivity contribution in [2.45, 2.75) is 127 Å². The number of nitrogens with zero attached hydrogens (tertiary/aromatic N) is 6. The first kappa shape index (κ1) is 41.5. The van der Waals surface area contributed by atoms with Crippen molar-refractivity contribution >= 4 is 41.7 Å². The van der Waals surface area contributed by atoms with Crippen LogP contribution in [0.25, 0.3) is 32.9 Å². The van der Waals surface area contributed by atoms with Gasteiger partial charge in [0.25, 0.3) is 0 Å². The van der Waals surface area contributed by atoms with E-state index in [0.717, 1.165) is 31.5 Å². The normalized spacial score (nSPS) is 25.9. The largest absolute Gasteiger partial charge is 0.472 e. The van der Waals surface area contributed by atoms with E-state index in [1.165, 1.54) is 6.07 Å². The molecule has 7 heterocycles. The summed E-state index contributed by atoms with van der Waals surface area (Å²) in [4.78, 5) is 33.3. The minimum atomic E-state index is -2.30. The summed E-state index contributed by atoms with van der Waals surface area (Å²) in [7, 11) is -0.576. The lowest BCUT2D eigenvalue weighted by molar-refractivity contribution is 0.0706. The first-order chi connectivity index (χ1) is 29.1. The predicted molar refractivity (Wildman–Crippen MR) is 235 cm³/mol. The number of piperazine rings is 1. The molecule has 2 aromatic carbocycles. The third-order valence-electron chi connectivity index (χ3n) is 14.7. The fourth-order valence-corrected chi connectivity index (χ4v) is 17.3. The number of carboxylic acid groups (broad SMARTS) is 1. The van der Waals surface area contributed by atoms with Crippen LogP contribution in [0.2, 0.25) is 16.6 Å². The van der Waals surface area contributed by atoms with Gasteiger partial charge in [-0.2, -0.15) is 9.97 Å². The van der Waals surface area contributed by atoms with Crippen molar-refractivity contribution in [2.24, 2.45) is 0 Å². The van der Waals surface area contributed by atoms with E-state index in [-0.39, 0.29) is 64.4 Å². The quantitative estimate of drug-likeness (QED) is 0.105. The van der Waals surface area contributed by atoms with Crippen molar-refractivity contribution in [3.8, 4) is 34.6 Å². The molecule has 5 unspecified atom stereocenters. The maximum absolute atomic E-state index is 17.9. The molecule has 322 valence electrons. The van der Waals surface area contributed by atoms with E-state index in [1.54, 1.807) is 24.1 Å². The van der Waals surface area contributed by atoms with Gasteiger partial charge in [0.05, 0.1) is 35.3 Å². The number of fused-ring (bicyclic) bond motifs is 7. The van der Waals surface area contributed by atoms with E-state index in [1.807, 2.05) is 19.1 Å². The second-order valence-electron chi connectivity index (χ2n) is 18.9. The number of ether oxygens (including phenoxy) is 3. The highest BCUT2D eigenvalue weighted by Crippen LogP contribution is 2.48. The van der Waals surface area contributed by atoms with Gasteiger partial charge in [-0.1, -0.05) is 83.9 Å². The van der Waals surface area contributed by atoms with Gasteiger partial charge in [0.1, 0.15) is 49.0 Å². The van der Waals surface area contributed by atoms with Crippen molar-refractivity contribution in [1.82, 2.24) is 24.8 Å². The van der Waals surface area contributed by atoms with Crippen LogP contribution in [0.4, 0.5) is 19.4 Å². The van der Waals surface area contributed by atoms with Crippen molar-refractivity contribution in [3.63, 3.8) is 0 Å². The smallest absolute Gasteiger partial charge is 0.407 e. The number of hydrogen-bond acceptors (Lipinski definition) is 9. The van der Waals surface area contributed by atoms with Crippen LogP contribution in [-0.2, 0) is 4.74 Å². The number of benzene rings is 2.